The van der Waals surface area contributed by atoms with Crippen molar-refractivity contribution in [3.63, 3.8) is 0 Å². The summed E-state index contributed by atoms with van der Waals surface area (Å²) < 4.78 is 65.2. The zero-order valence-corrected chi connectivity index (χ0v) is 38.0. The number of aliphatic imine (C=N–C) groups is 1. The number of fused-ring (bicyclic) bond motifs is 5. The number of Topliss-reactive ketones (excluding diaryl/α,β-unsaturated/α-hetero) is 1. The van der Waals surface area contributed by atoms with E-state index in [-0.39, 0.29) is 49.9 Å². The summed E-state index contributed by atoms with van der Waals surface area (Å²) in [6, 6.07) is 5.50. The van der Waals surface area contributed by atoms with Gasteiger partial charge in [0.2, 0.25) is 5.91 Å². The van der Waals surface area contributed by atoms with E-state index in [1.54, 1.807) is 47.9 Å². The standard InChI is InChI=1S/C44H64F2N6O11/c1-12-33-44(9,57)39-25(4)35(48-27(6)53)23(2)19-42(7,59-22-29(21-58-39)50-60-20-28-13-14-31(30(45)18-28)52-16-15-34(47)49-52)38(26(5)37(55)43(8,46)41(56)62-33)63-40-36(54)32(51(10)11)17-24(3)61-40/h13-16,18,23-26,32-33,36,38-40,54,57H,12,17,19-22H2,1-11H3,(H2,47,49)/b48-35?,50-29+/t23-,24-,25+,26+,32+,33-,36-,38-,39+,40+,42-,43+,44-/m1/s1. The first-order valence-corrected chi connectivity index (χ1v) is 21.3. The summed E-state index contributed by atoms with van der Waals surface area (Å²) in [5.74, 6) is -6.68. The predicted molar refractivity (Wildman–Crippen MR) is 227 cm³/mol. The number of nitrogens with zero attached hydrogens (tertiary/aromatic N) is 5. The number of cyclic esters (lactones) is 1. The first-order chi connectivity index (χ1) is 29.4. The molecule has 3 aliphatic heterocycles. The molecule has 0 aliphatic carbocycles. The van der Waals surface area contributed by atoms with E-state index in [1.165, 1.54) is 49.8 Å². The molecular weight excluding hydrogens is 827 g/mol. The Morgan fingerprint density at radius 2 is 1.81 bits per heavy atom. The number of hydrogen-bond donors (Lipinski definition) is 3. The molecule has 19 heteroatoms. The van der Waals surface area contributed by atoms with Gasteiger partial charge in [0.05, 0.1) is 37.1 Å². The van der Waals surface area contributed by atoms with Gasteiger partial charge in [0.25, 0.3) is 5.67 Å². The minimum atomic E-state index is -3.25. The second-order valence-electron chi connectivity index (χ2n) is 18.0. The lowest BCUT2D eigenvalue weighted by Crippen LogP contribution is -2.61. The number of amides is 1. The monoisotopic (exact) mass is 890 g/mol. The number of ketones is 1. The van der Waals surface area contributed by atoms with Gasteiger partial charge in [-0.15, -0.1) is 0 Å². The molecule has 0 saturated carbocycles. The van der Waals surface area contributed by atoms with E-state index in [1.807, 2.05) is 11.8 Å². The van der Waals surface area contributed by atoms with Crippen LogP contribution in [0.4, 0.5) is 14.6 Å². The van der Waals surface area contributed by atoms with Gasteiger partial charge >= 0.3 is 5.97 Å². The van der Waals surface area contributed by atoms with Crippen LogP contribution in [0, 0.1) is 23.6 Å². The van der Waals surface area contributed by atoms with E-state index >= 15 is 8.78 Å². The maximum atomic E-state index is 16.9. The highest BCUT2D eigenvalue weighted by atomic mass is 19.1. The Hall–Kier alpha value is -4.24. The summed E-state index contributed by atoms with van der Waals surface area (Å²) in [5, 5.41) is 32.4. The Labute approximate surface area is 367 Å². The number of aromatic nitrogens is 2. The number of esters is 1. The molecule has 2 aromatic rings. The van der Waals surface area contributed by atoms with Crippen molar-refractivity contribution in [3.8, 4) is 5.69 Å². The molecule has 0 radical (unpaired) electrons. The van der Waals surface area contributed by atoms with E-state index in [2.05, 4.69) is 15.2 Å². The first kappa shape index (κ1) is 49.8. The molecule has 17 nitrogen and oxygen atoms in total. The number of benzene rings is 1. The molecule has 4 N–H and O–H groups in total. The van der Waals surface area contributed by atoms with Crippen LogP contribution in [-0.2, 0) is 49.5 Å². The lowest BCUT2D eigenvalue weighted by molar-refractivity contribution is -0.296. The molecule has 3 fully saturated rings. The molecule has 63 heavy (non-hydrogen) atoms. The third kappa shape index (κ3) is 11.0. The molecule has 13 atom stereocenters. The van der Waals surface area contributed by atoms with Crippen molar-refractivity contribution in [1.82, 2.24) is 14.7 Å². The zero-order chi connectivity index (χ0) is 46.8. The predicted octanol–water partition coefficient (Wildman–Crippen LogP) is 4.12. The number of likely N-dealkylation sites (N-methyl/N-ethyl adjacent to an activating group) is 1. The normalized spacial score (nSPS) is 37.6. The average Bonchev–Trinajstić information content (AvgIpc) is 3.64. The minimum Gasteiger partial charge on any atom is -0.457 e. The first-order valence-electron chi connectivity index (χ1n) is 21.3. The van der Waals surface area contributed by atoms with Crippen LogP contribution in [-0.4, -0.2) is 141 Å². The van der Waals surface area contributed by atoms with Gasteiger partial charge in [0.15, 0.2) is 12.1 Å². The van der Waals surface area contributed by atoms with Crippen LogP contribution in [0.25, 0.3) is 5.69 Å². The Morgan fingerprint density at radius 3 is 2.41 bits per heavy atom. The third-order valence-corrected chi connectivity index (χ3v) is 12.4. The number of aliphatic hydroxyl groups is 2. The summed E-state index contributed by atoms with van der Waals surface area (Å²) >= 11 is 0. The minimum absolute atomic E-state index is 0.0393. The van der Waals surface area contributed by atoms with Crippen molar-refractivity contribution in [1.29, 1.82) is 0 Å². The van der Waals surface area contributed by atoms with Crippen molar-refractivity contribution in [2.24, 2.45) is 27.9 Å². The maximum absolute atomic E-state index is 16.9. The number of anilines is 1. The van der Waals surface area contributed by atoms with Gasteiger partial charge in [0, 0.05) is 42.8 Å². The summed E-state index contributed by atoms with van der Waals surface area (Å²) in [7, 11) is 3.60. The topological polar surface area (TPSA) is 219 Å². The molecule has 350 valence electrons. The molecule has 3 saturated heterocycles. The van der Waals surface area contributed by atoms with E-state index in [0.29, 0.717) is 17.7 Å². The Morgan fingerprint density at radius 1 is 1.11 bits per heavy atom. The Kier molecular flexibility index (Phi) is 15.7. The second kappa shape index (κ2) is 19.9. The quantitative estimate of drug-likeness (QED) is 0.193. The molecule has 5 rings (SSSR count). The van der Waals surface area contributed by atoms with Gasteiger partial charge in [-0.3, -0.25) is 9.59 Å². The van der Waals surface area contributed by atoms with Crippen LogP contribution in [0.2, 0.25) is 0 Å². The van der Waals surface area contributed by atoms with Crippen molar-refractivity contribution in [2.75, 3.05) is 33.0 Å². The SMILES string of the molecule is CC[C@H]1OC(=O)[C@@](C)(F)C(=O)[C@H](C)[C@@H](O[C@@H]2O[C@H](C)C[C@H](N(C)C)[C@H]2O)[C@@]2(C)C[C@@H](C)C(=NC(C)=O)[C@H](C)[C@H](OC/C(=N\OCc3ccc(-n4ccc(N)n4)c(F)c3)CO2)[C@]1(C)O. The molecular formula is C44H64F2N6O11. The van der Waals surface area contributed by atoms with E-state index in [0.717, 1.165) is 6.92 Å². The maximum Gasteiger partial charge on any atom is 0.351 e. The highest BCUT2D eigenvalue weighted by Gasteiger charge is 2.56. The highest BCUT2D eigenvalue weighted by Crippen LogP contribution is 2.41. The largest absolute Gasteiger partial charge is 0.457 e. The number of carbonyl (C=O) groups is 3. The number of ether oxygens (including phenoxy) is 5. The van der Waals surface area contributed by atoms with Gasteiger partial charge in [0.1, 0.15) is 47.5 Å². The fourth-order valence-corrected chi connectivity index (χ4v) is 9.11. The third-order valence-electron chi connectivity index (χ3n) is 12.4. The van der Waals surface area contributed by atoms with Crippen LogP contribution < -0.4 is 5.73 Å². The summed E-state index contributed by atoms with van der Waals surface area (Å²) in [5.41, 5.74) is -0.268. The molecule has 0 spiro atoms. The van der Waals surface area contributed by atoms with E-state index < -0.39 is 101 Å². The fraction of sp³-hybridized carbons (Fsp3) is 0.682. The van der Waals surface area contributed by atoms with E-state index in [9.17, 15) is 24.6 Å². The van der Waals surface area contributed by atoms with E-state index in [4.69, 9.17) is 34.3 Å². The smallest absolute Gasteiger partial charge is 0.351 e. The van der Waals surface area contributed by atoms with Gasteiger partial charge < -0.3 is 49.4 Å². The lowest BCUT2D eigenvalue weighted by atomic mass is 9.73. The summed E-state index contributed by atoms with van der Waals surface area (Å²) in [6.45, 7) is 12.4. The Bertz CT molecular complexity index is 2030. The van der Waals surface area contributed by atoms with Crippen molar-refractivity contribution in [2.45, 2.75) is 148 Å². The summed E-state index contributed by atoms with van der Waals surface area (Å²) in [6.07, 6.45) is -5.28. The van der Waals surface area contributed by atoms with Gasteiger partial charge in [-0.1, -0.05) is 38.9 Å². The molecule has 3 aliphatic rings. The number of alkyl halides is 1. The van der Waals surface area contributed by atoms with Gasteiger partial charge in [-0.2, -0.15) is 5.10 Å². The molecule has 1 aromatic heterocycles. The van der Waals surface area contributed by atoms with Crippen LogP contribution in [0.1, 0.15) is 87.1 Å². The highest BCUT2D eigenvalue weighted by molar-refractivity contribution is 6.08. The van der Waals surface area contributed by atoms with Crippen LogP contribution in [0.15, 0.2) is 40.6 Å². The van der Waals surface area contributed by atoms with Crippen LogP contribution in [0.5, 0.6) is 0 Å². The lowest BCUT2D eigenvalue weighted by Gasteiger charge is -2.47. The number of aliphatic hydroxyl groups excluding tert-OH is 1. The van der Waals surface area contributed by atoms with Crippen LogP contribution >= 0.6 is 0 Å². The summed E-state index contributed by atoms with van der Waals surface area (Å²) in [4.78, 5) is 53.2. The Balaban J connectivity index is 1.66. The molecule has 1 aromatic carbocycles. The number of carbonyl (C=O) groups excluding carboxylic acids is 3. The van der Waals surface area contributed by atoms with Crippen molar-refractivity contribution < 1.29 is 61.9 Å². The molecule has 2 bridgehead atoms. The number of nitrogen functional groups attached to an aromatic ring is 1. The van der Waals surface area contributed by atoms with Crippen LogP contribution in [0.3, 0.4) is 0 Å². The fourth-order valence-electron chi connectivity index (χ4n) is 9.11. The number of oxime groups is 1. The van der Waals surface area contributed by atoms with Gasteiger partial charge in [-0.05, 0) is 84.7 Å². The van der Waals surface area contributed by atoms with Gasteiger partial charge in [-0.25, -0.2) is 23.2 Å². The number of halogens is 2. The van der Waals surface area contributed by atoms with Crippen molar-refractivity contribution in [3.05, 3.63) is 41.8 Å². The molecule has 4 heterocycles. The molecule has 1 amide bonds. The average molecular weight is 891 g/mol. The van der Waals surface area contributed by atoms with Crippen molar-refractivity contribution >= 4 is 34.9 Å². The number of hydrogen-bond acceptors (Lipinski definition) is 15. The molecule has 0 unspecified atom stereocenters. The number of rotatable bonds is 8. The zero-order valence-electron chi connectivity index (χ0n) is 38.0. The number of nitrogens with two attached hydrogens (primary N) is 1. The second-order valence-corrected chi connectivity index (χ2v) is 18.0.